The fraction of sp³-hybridized carbons (Fsp3) is 0.143. The third kappa shape index (κ3) is 3.76. The van der Waals surface area contributed by atoms with Gasteiger partial charge in [0.05, 0.1) is 6.10 Å². The molecule has 1 N–H and O–H groups in total. The molecule has 5 heteroatoms. The molecule has 0 saturated heterocycles. The van der Waals surface area contributed by atoms with E-state index in [9.17, 15) is 5.11 Å². The van der Waals surface area contributed by atoms with Crippen molar-refractivity contribution in [2.45, 2.75) is 12.5 Å². The van der Waals surface area contributed by atoms with E-state index in [2.05, 4.69) is 22.6 Å². The van der Waals surface area contributed by atoms with Crippen molar-refractivity contribution in [1.29, 1.82) is 0 Å². The van der Waals surface area contributed by atoms with Gasteiger partial charge in [0, 0.05) is 25.1 Å². The molecule has 0 bridgehead atoms. The molecule has 1 atom stereocenters. The van der Waals surface area contributed by atoms with Crippen LogP contribution in [0.1, 0.15) is 17.2 Å². The van der Waals surface area contributed by atoms with Crippen LogP contribution in [0.2, 0.25) is 15.1 Å². The lowest BCUT2D eigenvalue weighted by Gasteiger charge is -2.15. The summed E-state index contributed by atoms with van der Waals surface area (Å²) in [6, 6.07) is 10.7. The van der Waals surface area contributed by atoms with Crippen LogP contribution in [0.5, 0.6) is 0 Å². The molecule has 0 fully saturated rings. The molecule has 2 aromatic carbocycles. The fourth-order valence-corrected chi connectivity index (χ4v) is 3.23. The molecule has 0 heterocycles. The number of hydrogen-bond acceptors (Lipinski definition) is 1. The van der Waals surface area contributed by atoms with E-state index in [-0.39, 0.29) is 0 Å². The maximum absolute atomic E-state index is 10.3. The first-order chi connectivity index (χ1) is 8.99. The van der Waals surface area contributed by atoms with E-state index in [4.69, 9.17) is 34.8 Å². The van der Waals surface area contributed by atoms with E-state index in [1.54, 1.807) is 30.3 Å². The Labute approximate surface area is 140 Å². The molecule has 100 valence electrons. The highest BCUT2D eigenvalue weighted by Crippen LogP contribution is 2.31. The lowest BCUT2D eigenvalue weighted by molar-refractivity contribution is 0.177. The summed E-state index contributed by atoms with van der Waals surface area (Å²) in [5.41, 5.74) is 1.53. The van der Waals surface area contributed by atoms with Crippen LogP contribution in [0.3, 0.4) is 0 Å². The summed E-state index contributed by atoms with van der Waals surface area (Å²) >= 11 is 20.3. The van der Waals surface area contributed by atoms with Crippen LogP contribution < -0.4 is 0 Å². The SMILES string of the molecule is OC(Cc1c(Cl)cccc1Cl)c1cc(Cl)ccc1I. The van der Waals surface area contributed by atoms with Gasteiger partial charge in [0.1, 0.15) is 0 Å². The molecule has 0 aliphatic heterocycles. The number of benzene rings is 2. The van der Waals surface area contributed by atoms with Gasteiger partial charge >= 0.3 is 0 Å². The Morgan fingerprint density at radius 1 is 1.05 bits per heavy atom. The Kier molecular flexibility index (Phi) is 5.37. The number of aliphatic hydroxyl groups excluding tert-OH is 1. The van der Waals surface area contributed by atoms with Gasteiger partial charge in [-0.25, -0.2) is 0 Å². The molecule has 0 amide bonds. The lowest BCUT2D eigenvalue weighted by atomic mass is 10.0. The quantitative estimate of drug-likeness (QED) is 0.639. The average Bonchev–Trinajstić information content (AvgIpc) is 2.37. The minimum absolute atomic E-state index is 0.356. The van der Waals surface area contributed by atoms with Crippen LogP contribution in [-0.2, 0) is 6.42 Å². The van der Waals surface area contributed by atoms with Gasteiger partial charge in [-0.2, -0.15) is 0 Å². The first kappa shape index (κ1) is 15.4. The van der Waals surface area contributed by atoms with Crippen LogP contribution in [0.4, 0.5) is 0 Å². The predicted octanol–water partition coefficient (Wildman–Crippen LogP) is 5.53. The third-order valence-corrected chi connectivity index (χ3v) is 4.70. The second-order valence-electron chi connectivity index (χ2n) is 4.09. The molecule has 0 aliphatic rings. The van der Waals surface area contributed by atoms with Crippen molar-refractivity contribution in [1.82, 2.24) is 0 Å². The minimum atomic E-state index is -0.692. The van der Waals surface area contributed by atoms with E-state index in [0.29, 0.717) is 21.5 Å². The number of rotatable bonds is 3. The summed E-state index contributed by atoms with van der Waals surface area (Å²) in [6.45, 7) is 0. The third-order valence-electron chi connectivity index (χ3n) is 2.78. The molecule has 2 rings (SSSR count). The van der Waals surface area contributed by atoms with E-state index >= 15 is 0 Å². The summed E-state index contributed by atoms with van der Waals surface area (Å²) in [6.07, 6.45) is -0.336. The first-order valence-corrected chi connectivity index (χ1v) is 7.76. The molecular weight excluding hydrogens is 417 g/mol. The highest BCUT2D eigenvalue weighted by Gasteiger charge is 2.16. The van der Waals surface area contributed by atoms with Gasteiger partial charge in [-0.15, -0.1) is 0 Å². The Bertz CT molecular complexity index is 581. The molecule has 0 saturated carbocycles. The number of halogens is 4. The van der Waals surface area contributed by atoms with Gasteiger partial charge in [-0.3, -0.25) is 0 Å². The van der Waals surface area contributed by atoms with Crippen molar-refractivity contribution in [3.8, 4) is 0 Å². The number of aliphatic hydroxyl groups is 1. The Morgan fingerprint density at radius 3 is 2.32 bits per heavy atom. The smallest absolute Gasteiger partial charge is 0.0842 e. The summed E-state index contributed by atoms with van der Waals surface area (Å²) in [5, 5.41) is 12.1. The molecule has 1 nitrogen and oxygen atoms in total. The zero-order chi connectivity index (χ0) is 14.0. The van der Waals surface area contributed by atoms with Crippen molar-refractivity contribution in [2.24, 2.45) is 0 Å². The van der Waals surface area contributed by atoms with Gasteiger partial charge in [0.25, 0.3) is 0 Å². The van der Waals surface area contributed by atoms with Crippen molar-refractivity contribution in [2.75, 3.05) is 0 Å². The van der Waals surface area contributed by atoms with Gasteiger partial charge in [0.15, 0.2) is 0 Å². The second kappa shape index (κ2) is 6.64. The molecule has 19 heavy (non-hydrogen) atoms. The van der Waals surface area contributed by atoms with Crippen molar-refractivity contribution in [3.63, 3.8) is 0 Å². The maximum atomic E-state index is 10.3. The maximum Gasteiger partial charge on any atom is 0.0842 e. The van der Waals surface area contributed by atoms with Crippen molar-refractivity contribution in [3.05, 3.63) is 66.2 Å². The molecule has 0 radical (unpaired) electrons. The largest absolute Gasteiger partial charge is 0.388 e. The second-order valence-corrected chi connectivity index (χ2v) is 6.50. The lowest BCUT2D eigenvalue weighted by Crippen LogP contribution is -2.05. The van der Waals surface area contributed by atoms with E-state index in [0.717, 1.165) is 14.7 Å². The van der Waals surface area contributed by atoms with E-state index in [1.165, 1.54) is 0 Å². The summed E-state index contributed by atoms with van der Waals surface area (Å²) in [7, 11) is 0. The standard InChI is InChI=1S/C14H10Cl3IO/c15-8-4-5-13(18)10(6-8)14(19)7-9-11(16)2-1-3-12(9)17/h1-6,14,19H,7H2. The van der Waals surface area contributed by atoms with Crippen molar-refractivity contribution < 1.29 is 5.11 Å². The molecule has 0 aliphatic carbocycles. The highest BCUT2D eigenvalue weighted by molar-refractivity contribution is 14.1. The predicted molar refractivity (Wildman–Crippen MR) is 89.3 cm³/mol. The molecule has 0 spiro atoms. The highest BCUT2D eigenvalue weighted by atomic mass is 127. The van der Waals surface area contributed by atoms with E-state index < -0.39 is 6.10 Å². The summed E-state index contributed by atoms with van der Waals surface area (Å²) in [4.78, 5) is 0. The van der Waals surface area contributed by atoms with Gasteiger partial charge in [-0.05, 0) is 64.0 Å². The van der Waals surface area contributed by atoms with Crippen LogP contribution in [0, 0.1) is 3.57 Å². The Hall–Kier alpha value is -0.000000000000000111. The zero-order valence-corrected chi connectivity index (χ0v) is 14.1. The van der Waals surface area contributed by atoms with Gasteiger partial charge in [0.2, 0.25) is 0 Å². The monoisotopic (exact) mass is 426 g/mol. The number of hydrogen-bond donors (Lipinski definition) is 1. The van der Waals surface area contributed by atoms with E-state index in [1.807, 2.05) is 6.07 Å². The molecule has 0 aromatic heterocycles. The normalized spacial score (nSPS) is 12.5. The summed E-state index contributed by atoms with van der Waals surface area (Å²) < 4.78 is 0.956. The minimum Gasteiger partial charge on any atom is -0.388 e. The Morgan fingerprint density at radius 2 is 1.68 bits per heavy atom. The average molecular weight is 427 g/mol. The van der Waals surface area contributed by atoms with Crippen LogP contribution in [0.15, 0.2) is 36.4 Å². The molecule has 1 unspecified atom stereocenters. The molecular formula is C14H10Cl3IO. The fourth-order valence-electron chi connectivity index (χ4n) is 1.80. The van der Waals surface area contributed by atoms with Gasteiger partial charge in [-0.1, -0.05) is 40.9 Å². The summed E-state index contributed by atoms with van der Waals surface area (Å²) in [5.74, 6) is 0. The van der Waals surface area contributed by atoms with Crippen LogP contribution >= 0.6 is 57.4 Å². The Balaban J connectivity index is 2.31. The molecule has 2 aromatic rings. The first-order valence-electron chi connectivity index (χ1n) is 5.55. The van der Waals surface area contributed by atoms with Gasteiger partial charge < -0.3 is 5.11 Å². The zero-order valence-electron chi connectivity index (χ0n) is 9.71. The van der Waals surface area contributed by atoms with Crippen LogP contribution in [-0.4, -0.2) is 5.11 Å². The van der Waals surface area contributed by atoms with Crippen molar-refractivity contribution >= 4 is 57.4 Å². The topological polar surface area (TPSA) is 20.2 Å². The van der Waals surface area contributed by atoms with Crippen LogP contribution in [0.25, 0.3) is 0 Å².